The molecule has 3 aromatic rings. The van der Waals surface area contributed by atoms with E-state index >= 15 is 0 Å². The summed E-state index contributed by atoms with van der Waals surface area (Å²) in [6, 6.07) is 10.3. The van der Waals surface area contributed by atoms with Crippen LogP contribution in [0.4, 0.5) is 23.0 Å². The number of rotatable bonds is 8. The van der Waals surface area contributed by atoms with Crippen molar-refractivity contribution in [2.45, 2.75) is 0 Å². The van der Waals surface area contributed by atoms with Crippen molar-refractivity contribution >= 4 is 40.5 Å². The van der Waals surface area contributed by atoms with Gasteiger partial charge < -0.3 is 29.9 Å². The number of amides is 1. The number of hydrogen-bond donors (Lipinski definition) is 2. The first-order valence-corrected chi connectivity index (χ1v) is 10.6. The van der Waals surface area contributed by atoms with Crippen LogP contribution in [0.5, 0.6) is 17.4 Å². The maximum Gasteiger partial charge on any atom is 0.247 e. The van der Waals surface area contributed by atoms with E-state index in [1.807, 2.05) is 0 Å². The summed E-state index contributed by atoms with van der Waals surface area (Å²) in [6.07, 6.45) is 2.44. The van der Waals surface area contributed by atoms with Crippen LogP contribution in [0.2, 0.25) is 5.02 Å². The summed E-state index contributed by atoms with van der Waals surface area (Å²) in [7, 11) is 2.30. The zero-order valence-corrected chi connectivity index (χ0v) is 19.6. The van der Waals surface area contributed by atoms with Gasteiger partial charge in [-0.1, -0.05) is 18.2 Å². The second-order valence-electron chi connectivity index (χ2n) is 7.02. The van der Waals surface area contributed by atoms with Gasteiger partial charge in [-0.25, -0.2) is 4.98 Å². The van der Waals surface area contributed by atoms with Crippen molar-refractivity contribution < 1.29 is 25.2 Å². The largest absolute Gasteiger partial charge is 0.494 e. The van der Waals surface area contributed by atoms with E-state index in [1.54, 1.807) is 24.3 Å². The molecule has 4 rings (SSSR count). The fourth-order valence-corrected chi connectivity index (χ4v) is 3.00. The van der Waals surface area contributed by atoms with Crippen molar-refractivity contribution in [3.8, 4) is 17.4 Å². The highest BCUT2D eigenvalue weighted by Crippen LogP contribution is 2.33. The van der Waals surface area contributed by atoms with E-state index in [1.165, 1.54) is 31.5 Å². The van der Waals surface area contributed by atoms with Crippen molar-refractivity contribution in [1.82, 2.24) is 14.9 Å². The van der Waals surface area contributed by atoms with Gasteiger partial charge in [0.2, 0.25) is 17.7 Å². The first-order valence-electron chi connectivity index (χ1n) is 14.2. The molecule has 35 heavy (non-hydrogen) atoms. The number of piperazine rings is 1. The van der Waals surface area contributed by atoms with E-state index in [9.17, 15) is 4.79 Å². The number of likely N-dealkylation sites (N-methyl/N-ethyl adjacent to an activating group) is 1. The summed E-state index contributed by atoms with van der Waals surface area (Å²) < 4.78 is 78.2. The summed E-state index contributed by atoms with van der Waals surface area (Å²) in [6.45, 7) is -8.44. The number of aromatic nitrogens is 2. The molecular formula is C25H27ClN6O3. The van der Waals surface area contributed by atoms with Gasteiger partial charge in [0, 0.05) is 48.9 Å². The molecule has 0 aliphatic carbocycles. The van der Waals surface area contributed by atoms with Crippen molar-refractivity contribution in [3.63, 3.8) is 0 Å². The van der Waals surface area contributed by atoms with Gasteiger partial charge in [-0.2, -0.15) is 4.98 Å². The molecule has 1 saturated heterocycles. The molecule has 0 saturated carbocycles. The Kier molecular flexibility index (Phi) is 5.05. The van der Waals surface area contributed by atoms with Crippen LogP contribution in [0.25, 0.3) is 0 Å². The number of nitrogens with zero attached hydrogens (tertiary/aromatic N) is 4. The third kappa shape index (κ3) is 6.20. The summed E-state index contributed by atoms with van der Waals surface area (Å²) in [4.78, 5) is 20.7. The summed E-state index contributed by atoms with van der Waals surface area (Å²) in [5.74, 6) is 0.0939. The molecule has 9 nitrogen and oxygen atoms in total. The van der Waals surface area contributed by atoms with E-state index in [-0.39, 0.29) is 39.9 Å². The highest BCUT2D eigenvalue weighted by molar-refractivity contribution is 6.31. The molecule has 10 heteroatoms. The van der Waals surface area contributed by atoms with Crippen LogP contribution in [0.1, 0.15) is 11.0 Å². The van der Waals surface area contributed by atoms with Crippen molar-refractivity contribution in [1.29, 1.82) is 0 Å². The Labute approximate surface area is 220 Å². The molecule has 2 aromatic carbocycles. The number of hydrogen-bond acceptors (Lipinski definition) is 8. The number of carbonyl (C=O) groups excluding carboxylic acids is 1. The predicted molar refractivity (Wildman–Crippen MR) is 138 cm³/mol. The third-order valence-electron chi connectivity index (χ3n) is 4.58. The molecular weight excluding hydrogens is 468 g/mol. The Morgan fingerprint density at radius 3 is 2.63 bits per heavy atom. The normalized spacial score (nSPS) is 22.9. The molecule has 1 amide bonds. The number of benzene rings is 2. The van der Waals surface area contributed by atoms with E-state index in [2.05, 4.69) is 27.2 Å². The predicted octanol–water partition coefficient (Wildman–Crippen LogP) is 4.55. The van der Waals surface area contributed by atoms with E-state index in [0.717, 1.165) is 13.1 Å². The highest BCUT2D eigenvalue weighted by Gasteiger charge is 2.17. The Morgan fingerprint density at radius 1 is 1.20 bits per heavy atom. The topological polar surface area (TPSA) is 91.8 Å². The maximum absolute atomic E-state index is 11.5. The monoisotopic (exact) mass is 502 g/mol. The molecule has 0 atom stereocenters. The first kappa shape index (κ1) is 16.0. The zero-order chi connectivity index (χ0) is 32.0. The Balaban J connectivity index is 1.62. The Bertz CT molecular complexity index is 1520. The Hall–Kier alpha value is -3.82. The van der Waals surface area contributed by atoms with Crippen LogP contribution in [0, 0.1) is 0 Å². The summed E-state index contributed by atoms with van der Waals surface area (Å²) >= 11 is 6.23. The number of nitrogens with one attached hydrogen (secondary N) is 2. The van der Waals surface area contributed by atoms with Crippen LogP contribution < -0.4 is 25.0 Å². The van der Waals surface area contributed by atoms with Crippen molar-refractivity contribution in [3.05, 3.63) is 66.3 Å². The smallest absolute Gasteiger partial charge is 0.247 e. The van der Waals surface area contributed by atoms with Gasteiger partial charge in [-0.3, -0.25) is 4.79 Å². The van der Waals surface area contributed by atoms with Crippen molar-refractivity contribution in [2.75, 3.05) is 55.7 Å². The molecule has 1 aliphatic rings. The molecule has 1 fully saturated rings. The SMILES string of the molecule is [2H]C1([2H])N(C)C([2H])([2H])C([2H])([2H])N(c2ccc(Nc3ncc(Cl)c(Oc4ccc(NC(=O)C=C)cc4)n3)c(OC)c2)C1([2H])[2H]. The van der Waals surface area contributed by atoms with Crippen LogP contribution in [-0.4, -0.2) is 60.9 Å². The summed E-state index contributed by atoms with van der Waals surface area (Å²) in [5.41, 5.74) is 0.615. The lowest BCUT2D eigenvalue weighted by Crippen LogP contribution is -2.44. The number of methoxy groups -OCH3 is 1. The van der Waals surface area contributed by atoms with Gasteiger partial charge in [-0.15, -0.1) is 0 Å². The second kappa shape index (κ2) is 11.1. The van der Waals surface area contributed by atoms with Gasteiger partial charge >= 0.3 is 0 Å². The van der Waals surface area contributed by atoms with Gasteiger partial charge in [0.05, 0.1) is 24.5 Å². The fraction of sp³-hybridized carbons (Fsp3) is 0.240. The van der Waals surface area contributed by atoms with E-state index in [4.69, 9.17) is 32.0 Å². The minimum atomic E-state index is -3.00. The average molecular weight is 503 g/mol. The average Bonchev–Trinajstić information content (AvgIpc) is 2.95. The van der Waals surface area contributed by atoms with Crippen LogP contribution in [-0.2, 0) is 4.79 Å². The maximum atomic E-state index is 11.5. The van der Waals surface area contributed by atoms with Crippen LogP contribution in [0.15, 0.2) is 61.3 Å². The summed E-state index contributed by atoms with van der Waals surface area (Å²) in [5, 5.41) is 5.63. The third-order valence-corrected chi connectivity index (χ3v) is 4.84. The fourth-order valence-electron chi connectivity index (χ4n) is 2.87. The molecule has 0 radical (unpaired) electrons. The van der Waals surface area contributed by atoms with E-state index < -0.39 is 26.0 Å². The lowest BCUT2D eigenvalue weighted by atomic mass is 10.2. The van der Waals surface area contributed by atoms with Crippen LogP contribution >= 0.6 is 11.6 Å². The minimum absolute atomic E-state index is 0.000854. The molecule has 2 heterocycles. The number of ether oxygens (including phenoxy) is 2. The molecule has 0 spiro atoms. The highest BCUT2D eigenvalue weighted by atomic mass is 35.5. The van der Waals surface area contributed by atoms with Gasteiger partial charge in [0.25, 0.3) is 0 Å². The molecule has 1 aromatic heterocycles. The molecule has 2 N–H and O–H groups in total. The number of halogens is 1. The quantitative estimate of drug-likeness (QED) is 0.433. The number of carbonyl (C=O) groups is 1. The van der Waals surface area contributed by atoms with E-state index in [0.29, 0.717) is 21.2 Å². The van der Waals surface area contributed by atoms with Crippen molar-refractivity contribution in [2.24, 2.45) is 0 Å². The zero-order valence-electron chi connectivity index (χ0n) is 26.8. The Morgan fingerprint density at radius 2 is 1.94 bits per heavy atom. The van der Waals surface area contributed by atoms with Crippen LogP contribution in [0.3, 0.4) is 0 Å². The molecule has 1 aliphatic heterocycles. The molecule has 0 bridgehead atoms. The second-order valence-corrected chi connectivity index (χ2v) is 7.42. The molecule has 182 valence electrons. The lowest BCUT2D eigenvalue weighted by Gasteiger charge is -2.34. The standard InChI is InChI=1S/C25H27ClN6O3/c1-4-23(33)28-17-5-8-19(9-6-17)35-24-20(26)16-27-25(30-24)29-21-10-7-18(15-22(21)34-3)32-13-11-31(2)12-14-32/h4-10,15-16H,1,11-14H2,2-3H3,(H,28,33)(H,27,29,30)/i11D2,12D2,13D2,14D2. The minimum Gasteiger partial charge on any atom is -0.494 e. The number of anilines is 4. The van der Waals surface area contributed by atoms with Gasteiger partial charge in [0.15, 0.2) is 0 Å². The van der Waals surface area contributed by atoms with Gasteiger partial charge in [0.1, 0.15) is 16.5 Å². The van der Waals surface area contributed by atoms with Gasteiger partial charge in [-0.05, 0) is 49.5 Å². The lowest BCUT2D eigenvalue weighted by molar-refractivity contribution is -0.111. The molecule has 0 unspecified atom stereocenters. The first-order chi connectivity index (χ1) is 20.0.